The van der Waals surface area contributed by atoms with E-state index in [0.717, 1.165) is 0 Å². The van der Waals surface area contributed by atoms with E-state index in [9.17, 15) is 45.6 Å². The Kier molecular flexibility index (Phi) is 11.9. The maximum absolute atomic E-state index is 12.6. The van der Waals surface area contributed by atoms with Crippen molar-refractivity contribution in [2.24, 2.45) is 22.9 Å². The highest BCUT2D eigenvalue weighted by Crippen LogP contribution is 2.32. The van der Waals surface area contributed by atoms with E-state index in [4.69, 9.17) is 41.9 Å². The summed E-state index contributed by atoms with van der Waals surface area (Å²) in [5.41, 5.74) is 23.1. The van der Waals surface area contributed by atoms with Crippen LogP contribution in [0.2, 0.25) is 0 Å². The van der Waals surface area contributed by atoms with Crippen LogP contribution in [0.4, 0.5) is 0 Å². The second kappa shape index (κ2) is 14.3. The quantitative estimate of drug-likeness (QED) is 0.113. The first kappa shape index (κ1) is 33.3. The van der Waals surface area contributed by atoms with Crippen molar-refractivity contribution in [3.63, 3.8) is 0 Å². The van der Waals surface area contributed by atoms with Gasteiger partial charge in [-0.05, 0) is 19.4 Å². The molecule has 0 aromatic heterocycles. The number of nitrogens with one attached hydrogen (secondary N) is 1. The van der Waals surface area contributed by atoms with Crippen molar-refractivity contribution in [1.29, 1.82) is 0 Å². The van der Waals surface area contributed by atoms with Crippen molar-refractivity contribution in [3.05, 3.63) is 0 Å². The molecule has 1 saturated carbocycles. The van der Waals surface area contributed by atoms with E-state index in [2.05, 4.69) is 5.32 Å². The molecule has 3 fully saturated rings. The van der Waals surface area contributed by atoms with Crippen LogP contribution in [0, 0.1) is 0 Å². The number of hydrogen-bond donors (Lipinski definition) is 13. The Bertz CT molecular complexity index is 815. The molecule has 18 heteroatoms. The molecule has 0 aromatic carbocycles. The first-order chi connectivity index (χ1) is 18.9. The Labute approximate surface area is 229 Å². The van der Waals surface area contributed by atoms with Crippen molar-refractivity contribution in [2.75, 3.05) is 19.7 Å². The molecule has 40 heavy (non-hydrogen) atoms. The van der Waals surface area contributed by atoms with Crippen molar-refractivity contribution >= 4 is 5.91 Å². The van der Waals surface area contributed by atoms with E-state index < -0.39 is 110 Å². The van der Waals surface area contributed by atoms with E-state index in [1.807, 2.05) is 0 Å². The molecule has 0 bridgehead atoms. The summed E-state index contributed by atoms with van der Waals surface area (Å²) >= 11 is 0. The number of nitrogens with two attached hydrogens (primary N) is 4. The van der Waals surface area contributed by atoms with Crippen LogP contribution in [0.1, 0.15) is 12.8 Å². The second-order valence-electron chi connectivity index (χ2n) is 10.3. The minimum Gasteiger partial charge on any atom is -0.394 e. The molecule has 234 valence electrons. The average Bonchev–Trinajstić information content (AvgIpc) is 2.92. The fourth-order valence-corrected chi connectivity index (χ4v) is 5.07. The molecule has 1 aliphatic carbocycles. The standard InChI is InChI=1S/C22H43N5O13/c23-2-1-8(29)20(36)27-7-3-6(25)18(39-22-16(34)15(33)13(31)9(4-24)37-22)17(35)19(7)40-21-14(32)11(26)12(30)10(5-28)38-21/h6-19,21-22,28-35H,1-5,23-26H2,(H,27,36)/t6?,7?,8-,9?,10?,11?,12?,13?,14?,15?,16?,17?,18?,19?,21?,22?/m0/s1. The largest absolute Gasteiger partial charge is 0.394 e. The summed E-state index contributed by atoms with van der Waals surface area (Å²) in [5, 5.41) is 84.9. The predicted octanol–water partition coefficient (Wildman–Crippen LogP) is -8.42. The Balaban J connectivity index is 1.85. The fourth-order valence-electron chi connectivity index (χ4n) is 5.07. The molecule has 18 nitrogen and oxygen atoms in total. The molecular formula is C22H43N5O13. The Hall–Kier alpha value is -1.17. The monoisotopic (exact) mass is 585 g/mol. The summed E-state index contributed by atoms with van der Waals surface area (Å²) in [4.78, 5) is 12.6. The third kappa shape index (κ3) is 7.06. The number of aliphatic hydroxyl groups excluding tert-OH is 8. The number of hydrogen-bond acceptors (Lipinski definition) is 17. The van der Waals surface area contributed by atoms with Crippen molar-refractivity contribution in [2.45, 2.75) is 111 Å². The van der Waals surface area contributed by atoms with Gasteiger partial charge in [-0.1, -0.05) is 0 Å². The van der Waals surface area contributed by atoms with E-state index in [0.29, 0.717) is 0 Å². The van der Waals surface area contributed by atoms with Crippen LogP contribution in [0.25, 0.3) is 0 Å². The number of rotatable bonds is 10. The first-order valence-electron chi connectivity index (χ1n) is 13.1. The number of amides is 1. The van der Waals surface area contributed by atoms with Gasteiger partial charge in [-0.25, -0.2) is 0 Å². The topological polar surface area (TPSA) is 332 Å². The Morgan fingerprint density at radius 2 is 1.45 bits per heavy atom. The zero-order chi connectivity index (χ0) is 29.9. The van der Waals surface area contributed by atoms with Crippen LogP contribution in [0.3, 0.4) is 0 Å². The van der Waals surface area contributed by atoms with Gasteiger partial charge in [-0.15, -0.1) is 0 Å². The maximum atomic E-state index is 12.6. The molecule has 3 rings (SSSR count). The van der Waals surface area contributed by atoms with Crippen LogP contribution in [-0.2, 0) is 23.7 Å². The first-order valence-corrected chi connectivity index (χ1v) is 13.1. The highest BCUT2D eigenvalue weighted by Gasteiger charge is 2.52. The second-order valence-corrected chi connectivity index (χ2v) is 10.3. The Morgan fingerprint density at radius 3 is 2.05 bits per heavy atom. The molecule has 2 aliphatic heterocycles. The van der Waals surface area contributed by atoms with E-state index >= 15 is 0 Å². The minimum absolute atomic E-state index is 0.0101. The minimum atomic E-state index is -1.76. The van der Waals surface area contributed by atoms with Crippen LogP contribution in [0.15, 0.2) is 0 Å². The summed E-state index contributed by atoms with van der Waals surface area (Å²) in [5.74, 6) is -0.845. The van der Waals surface area contributed by atoms with Gasteiger partial charge in [0, 0.05) is 12.6 Å². The average molecular weight is 586 g/mol. The van der Waals surface area contributed by atoms with Crippen LogP contribution < -0.4 is 28.3 Å². The van der Waals surface area contributed by atoms with Crippen LogP contribution in [0.5, 0.6) is 0 Å². The van der Waals surface area contributed by atoms with Crippen LogP contribution in [-0.4, -0.2) is 164 Å². The predicted molar refractivity (Wildman–Crippen MR) is 131 cm³/mol. The third-order valence-electron chi connectivity index (χ3n) is 7.51. The summed E-state index contributed by atoms with van der Waals surface area (Å²) in [7, 11) is 0. The van der Waals surface area contributed by atoms with Gasteiger partial charge in [0.2, 0.25) is 5.91 Å². The molecule has 16 atom stereocenters. The SMILES string of the molecule is NCC[C@H](O)C(=O)NC1CC(N)C(OC2OC(CN)C(O)C(O)C2O)C(O)C1OC1OC(CO)C(O)C(N)C1O. The molecule has 0 aromatic rings. The lowest BCUT2D eigenvalue weighted by atomic mass is 9.83. The van der Waals surface area contributed by atoms with Gasteiger partial charge in [0.1, 0.15) is 67.1 Å². The van der Waals surface area contributed by atoms with Gasteiger partial charge in [-0.2, -0.15) is 0 Å². The van der Waals surface area contributed by atoms with Gasteiger partial charge in [-0.3, -0.25) is 4.79 Å². The van der Waals surface area contributed by atoms with Gasteiger partial charge in [0.15, 0.2) is 12.6 Å². The number of carbonyl (C=O) groups is 1. The molecule has 15 unspecified atom stereocenters. The van der Waals surface area contributed by atoms with Crippen molar-refractivity contribution < 1.29 is 64.6 Å². The van der Waals surface area contributed by atoms with Gasteiger partial charge in [0.25, 0.3) is 0 Å². The molecule has 1 amide bonds. The highest BCUT2D eigenvalue weighted by molar-refractivity contribution is 5.80. The van der Waals surface area contributed by atoms with Crippen molar-refractivity contribution in [3.8, 4) is 0 Å². The summed E-state index contributed by atoms with van der Waals surface area (Å²) in [6.07, 6.45) is -19.8. The summed E-state index contributed by atoms with van der Waals surface area (Å²) < 4.78 is 22.5. The Morgan fingerprint density at radius 1 is 0.850 bits per heavy atom. The lowest BCUT2D eigenvalue weighted by Gasteiger charge is -2.49. The maximum Gasteiger partial charge on any atom is 0.249 e. The van der Waals surface area contributed by atoms with Gasteiger partial charge in [0.05, 0.1) is 18.7 Å². The zero-order valence-electron chi connectivity index (χ0n) is 21.7. The van der Waals surface area contributed by atoms with Gasteiger partial charge >= 0.3 is 0 Å². The highest BCUT2D eigenvalue weighted by atomic mass is 16.7. The van der Waals surface area contributed by atoms with E-state index in [-0.39, 0.29) is 25.9 Å². The molecule has 0 radical (unpaired) electrons. The van der Waals surface area contributed by atoms with Crippen LogP contribution >= 0.6 is 0 Å². The molecule has 17 N–H and O–H groups in total. The number of ether oxygens (including phenoxy) is 4. The lowest BCUT2D eigenvalue weighted by molar-refractivity contribution is -0.332. The fraction of sp³-hybridized carbons (Fsp3) is 0.955. The summed E-state index contributed by atoms with van der Waals surface area (Å²) in [6.45, 7) is -0.898. The van der Waals surface area contributed by atoms with Crippen molar-refractivity contribution in [1.82, 2.24) is 5.32 Å². The molecular weight excluding hydrogens is 542 g/mol. The number of aliphatic hydroxyl groups is 8. The van der Waals surface area contributed by atoms with E-state index in [1.54, 1.807) is 0 Å². The normalized spacial score (nSPS) is 47.0. The third-order valence-corrected chi connectivity index (χ3v) is 7.51. The summed E-state index contributed by atoms with van der Waals surface area (Å²) in [6, 6.07) is -3.45. The molecule has 2 heterocycles. The smallest absolute Gasteiger partial charge is 0.249 e. The molecule has 2 saturated heterocycles. The van der Waals surface area contributed by atoms with E-state index in [1.165, 1.54) is 0 Å². The van der Waals surface area contributed by atoms with Gasteiger partial charge < -0.3 is 88.1 Å². The molecule has 3 aliphatic rings. The lowest BCUT2D eigenvalue weighted by Crippen LogP contribution is -2.69. The zero-order valence-corrected chi connectivity index (χ0v) is 21.7. The molecule has 0 spiro atoms. The number of carbonyl (C=O) groups excluding carboxylic acids is 1.